The molecule has 1 aliphatic rings. The zero-order chi connectivity index (χ0) is 31.8. The van der Waals surface area contributed by atoms with Gasteiger partial charge in [-0.15, -0.1) is 0 Å². The highest BCUT2D eigenvalue weighted by atomic mass is 19.2. The number of halogens is 5. The number of piperazine rings is 1. The molecule has 1 fully saturated rings. The second kappa shape index (κ2) is 14.6. The topological polar surface area (TPSA) is 84.4 Å². The Kier molecular flexibility index (Phi) is 10.6. The molecule has 0 bridgehead atoms. The van der Waals surface area contributed by atoms with Gasteiger partial charge in [0.15, 0.2) is 40.8 Å². The summed E-state index contributed by atoms with van der Waals surface area (Å²) in [7, 11) is 0. The number of aryl methyl sites for hydroxylation is 2. The number of Topliss-reactive ketones (excluding diaryl/α,β-unsaturated/α-hetero) is 1. The van der Waals surface area contributed by atoms with Crippen molar-refractivity contribution >= 4 is 11.5 Å². The molecule has 0 radical (unpaired) electrons. The Labute approximate surface area is 250 Å². The molecule has 44 heavy (non-hydrogen) atoms. The molecule has 0 saturated carbocycles. The highest BCUT2D eigenvalue weighted by Gasteiger charge is 2.16. The average Bonchev–Trinajstić information content (AvgIpc) is 3.65. The lowest BCUT2D eigenvalue weighted by Crippen LogP contribution is -2.43. The van der Waals surface area contributed by atoms with Crippen LogP contribution in [0.2, 0.25) is 0 Å². The summed E-state index contributed by atoms with van der Waals surface area (Å²) in [5.41, 5.74) is 3.26. The van der Waals surface area contributed by atoms with Crippen molar-refractivity contribution in [2.24, 2.45) is 0 Å². The summed E-state index contributed by atoms with van der Waals surface area (Å²) in [5, 5.41) is 3.26. The van der Waals surface area contributed by atoms with Crippen LogP contribution in [0.1, 0.15) is 29.1 Å². The van der Waals surface area contributed by atoms with Gasteiger partial charge in [-0.3, -0.25) is 4.79 Å². The van der Waals surface area contributed by atoms with Crippen LogP contribution in [0.4, 0.5) is 27.6 Å². The fourth-order valence-corrected chi connectivity index (χ4v) is 4.19. The van der Waals surface area contributed by atoms with Crippen LogP contribution in [0, 0.1) is 42.9 Å². The number of carbonyl (C=O) groups is 1. The van der Waals surface area contributed by atoms with Crippen LogP contribution >= 0.6 is 0 Å². The lowest BCUT2D eigenvalue weighted by atomic mass is 10.1. The first-order valence-electron chi connectivity index (χ1n) is 13.5. The number of nitrogens with one attached hydrogen (secondary N) is 1. The molecule has 12 heteroatoms. The summed E-state index contributed by atoms with van der Waals surface area (Å²) in [6.07, 6.45) is 2.95. The quantitative estimate of drug-likeness (QED) is 0.169. The molecule has 0 amide bonds. The van der Waals surface area contributed by atoms with Gasteiger partial charge in [0.1, 0.15) is 29.7 Å². The van der Waals surface area contributed by atoms with Crippen molar-refractivity contribution in [2.75, 3.05) is 31.1 Å². The summed E-state index contributed by atoms with van der Waals surface area (Å²) in [6.45, 7) is 8.21. The van der Waals surface area contributed by atoms with Crippen LogP contribution in [0.25, 0.3) is 22.5 Å². The number of hydrogen-bond acceptors (Lipinski definition) is 7. The molecular formula is C32H29F5N4O3. The van der Waals surface area contributed by atoms with E-state index in [2.05, 4.69) is 20.2 Å². The average molecular weight is 613 g/mol. The van der Waals surface area contributed by atoms with Crippen molar-refractivity contribution < 1.29 is 35.6 Å². The van der Waals surface area contributed by atoms with Crippen LogP contribution in [0.3, 0.4) is 0 Å². The number of anilines is 1. The number of ketones is 1. The number of hydrogen-bond donors (Lipinski definition) is 1. The lowest BCUT2D eigenvalue weighted by molar-refractivity contribution is 0.101. The molecule has 1 saturated heterocycles. The minimum absolute atomic E-state index is 0.184. The molecule has 7 nitrogen and oxygen atoms in total. The standard InChI is InChI=1S/C14H16FN3O.C10H7F2NO.C8H6F2O/c1-10-17-13(9-19-10)11-2-3-14(12(15)8-11)18-6-4-16-5-7-18;1-6-13-10(5-14-6)7-2-3-8(11)9(12)4-7;1-5(11)6-2-3-7(9)8(10)4-6/h2-3,8-9,16H,4-7H2,1H3;2-5H,1H3;2-4H,1H3. The van der Waals surface area contributed by atoms with Gasteiger partial charge >= 0.3 is 0 Å². The third kappa shape index (κ3) is 8.38. The van der Waals surface area contributed by atoms with E-state index in [0.29, 0.717) is 34.4 Å². The SMILES string of the molecule is CC(=O)c1ccc(F)c(F)c1.Cc1nc(-c2ccc(F)c(F)c2)co1.Cc1nc(-c2ccc(N3CCNCC3)c(F)c2)co1. The number of benzene rings is 3. The first-order valence-corrected chi connectivity index (χ1v) is 13.5. The van der Waals surface area contributed by atoms with Gasteiger partial charge in [-0.1, -0.05) is 6.07 Å². The first kappa shape index (κ1) is 32.1. The minimum Gasteiger partial charge on any atom is -0.449 e. The summed E-state index contributed by atoms with van der Waals surface area (Å²) in [4.78, 5) is 20.9. The zero-order valence-corrected chi connectivity index (χ0v) is 24.1. The molecule has 5 aromatic rings. The Hall–Kier alpha value is -4.84. The van der Waals surface area contributed by atoms with Gasteiger partial charge in [0.2, 0.25) is 0 Å². The molecule has 3 aromatic carbocycles. The van der Waals surface area contributed by atoms with E-state index in [1.807, 2.05) is 12.1 Å². The molecule has 230 valence electrons. The maximum absolute atomic E-state index is 14.2. The Morgan fingerprint density at radius 1 is 0.705 bits per heavy atom. The van der Waals surface area contributed by atoms with E-state index in [-0.39, 0.29) is 17.2 Å². The molecule has 2 aromatic heterocycles. The van der Waals surface area contributed by atoms with E-state index in [1.165, 1.54) is 31.4 Å². The molecule has 3 heterocycles. The second-order valence-corrected chi connectivity index (χ2v) is 9.72. The van der Waals surface area contributed by atoms with Crippen LogP contribution in [0.15, 0.2) is 76.0 Å². The van der Waals surface area contributed by atoms with Crippen molar-refractivity contribution in [1.29, 1.82) is 0 Å². The normalized spacial score (nSPS) is 12.6. The highest BCUT2D eigenvalue weighted by molar-refractivity contribution is 5.93. The van der Waals surface area contributed by atoms with Crippen LogP contribution in [-0.4, -0.2) is 41.9 Å². The molecule has 0 spiro atoms. The van der Waals surface area contributed by atoms with Gasteiger partial charge in [0.05, 0.1) is 5.69 Å². The van der Waals surface area contributed by atoms with Crippen LogP contribution < -0.4 is 10.2 Å². The number of nitrogens with zero attached hydrogens (tertiary/aromatic N) is 3. The van der Waals surface area contributed by atoms with Crippen molar-refractivity contribution in [3.8, 4) is 22.5 Å². The Balaban J connectivity index is 0.000000157. The van der Waals surface area contributed by atoms with Gasteiger partial charge < -0.3 is 19.1 Å². The van der Waals surface area contributed by atoms with Crippen molar-refractivity contribution in [2.45, 2.75) is 20.8 Å². The number of aromatic nitrogens is 2. The van der Waals surface area contributed by atoms with Crippen molar-refractivity contribution in [3.05, 3.63) is 114 Å². The van der Waals surface area contributed by atoms with Crippen molar-refractivity contribution in [1.82, 2.24) is 15.3 Å². The maximum atomic E-state index is 14.2. The summed E-state index contributed by atoms with van der Waals surface area (Å²) < 4.78 is 74.4. The lowest BCUT2D eigenvalue weighted by Gasteiger charge is -2.29. The van der Waals surface area contributed by atoms with E-state index in [0.717, 1.165) is 56.0 Å². The number of carbonyl (C=O) groups excluding carboxylic acids is 1. The zero-order valence-electron chi connectivity index (χ0n) is 24.1. The van der Waals surface area contributed by atoms with Gasteiger partial charge in [0, 0.05) is 56.7 Å². The highest BCUT2D eigenvalue weighted by Crippen LogP contribution is 2.26. The fraction of sp³-hybridized carbons (Fsp3) is 0.219. The molecule has 1 N–H and O–H groups in total. The molecule has 0 aliphatic carbocycles. The first-order chi connectivity index (χ1) is 21.0. The Morgan fingerprint density at radius 2 is 1.20 bits per heavy atom. The van der Waals surface area contributed by atoms with Gasteiger partial charge in [-0.25, -0.2) is 31.9 Å². The van der Waals surface area contributed by atoms with Gasteiger partial charge in [0.25, 0.3) is 0 Å². The predicted molar refractivity (Wildman–Crippen MR) is 155 cm³/mol. The van der Waals surface area contributed by atoms with E-state index in [1.54, 1.807) is 20.1 Å². The molecule has 0 atom stereocenters. The summed E-state index contributed by atoms with van der Waals surface area (Å²) in [5.74, 6) is -3.08. The van der Waals surface area contributed by atoms with E-state index in [4.69, 9.17) is 8.83 Å². The molecule has 6 rings (SSSR count). The van der Waals surface area contributed by atoms with Crippen molar-refractivity contribution in [3.63, 3.8) is 0 Å². The van der Waals surface area contributed by atoms with E-state index < -0.39 is 23.3 Å². The molecule has 0 unspecified atom stereocenters. The van der Waals surface area contributed by atoms with Gasteiger partial charge in [-0.05, 0) is 55.5 Å². The molecular weight excluding hydrogens is 583 g/mol. The van der Waals surface area contributed by atoms with Crippen LogP contribution in [-0.2, 0) is 0 Å². The summed E-state index contributed by atoms with van der Waals surface area (Å²) >= 11 is 0. The van der Waals surface area contributed by atoms with Gasteiger partial charge in [-0.2, -0.15) is 0 Å². The number of rotatable bonds is 4. The summed E-state index contributed by atoms with van der Waals surface area (Å²) in [6, 6.07) is 11.9. The third-order valence-corrected chi connectivity index (χ3v) is 6.48. The van der Waals surface area contributed by atoms with E-state index >= 15 is 0 Å². The maximum Gasteiger partial charge on any atom is 0.191 e. The largest absolute Gasteiger partial charge is 0.449 e. The Morgan fingerprint density at radius 3 is 1.66 bits per heavy atom. The Bertz CT molecular complexity index is 1730. The predicted octanol–water partition coefficient (Wildman–Crippen LogP) is 7.29. The smallest absolute Gasteiger partial charge is 0.191 e. The van der Waals surface area contributed by atoms with Crippen LogP contribution in [0.5, 0.6) is 0 Å². The second-order valence-electron chi connectivity index (χ2n) is 9.72. The minimum atomic E-state index is -0.988. The fourth-order valence-electron chi connectivity index (χ4n) is 4.19. The third-order valence-electron chi connectivity index (χ3n) is 6.48. The monoisotopic (exact) mass is 612 g/mol. The molecule has 1 aliphatic heterocycles. The number of oxazole rings is 2. The van der Waals surface area contributed by atoms with E-state index in [9.17, 15) is 26.7 Å².